The van der Waals surface area contributed by atoms with Crippen molar-refractivity contribution in [3.8, 4) is 0 Å². The first-order chi connectivity index (χ1) is 14.4. The lowest BCUT2D eigenvalue weighted by Gasteiger charge is -2.39. The van der Waals surface area contributed by atoms with Gasteiger partial charge >= 0.3 is 0 Å². The Morgan fingerprint density at radius 3 is 2.73 bits per heavy atom. The molecule has 4 nitrogen and oxygen atoms in total. The summed E-state index contributed by atoms with van der Waals surface area (Å²) in [5, 5.41) is 13.7. The number of likely N-dealkylation sites (tertiary alicyclic amines) is 1. The average Bonchev–Trinajstić information content (AvgIpc) is 3.43. The Labute approximate surface area is 184 Å². The first-order valence-electron chi connectivity index (χ1n) is 10.0. The monoisotopic (exact) mass is 446 g/mol. The Morgan fingerprint density at radius 1 is 1.27 bits per heavy atom. The number of nitrogens with one attached hydrogen (secondary N) is 1. The van der Waals surface area contributed by atoms with Crippen LogP contribution in [0.3, 0.4) is 0 Å². The van der Waals surface area contributed by atoms with Gasteiger partial charge in [-0.1, -0.05) is 48.0 Å². The molecule has 156 valence electrons. The first kappa shape index (κ1) is 20.0. The summed E-state index contributed by atoms with van der Waals surface area (Å²) >= 11 is 12.3. The second-order valence-electron chi connectivity index (χ2n) is 8.36. The van der Waals surface area contributed by atoms with E-state index in [2.05, 4.69) is 11.9 Å². The van der Waals surface area contributed by atoms with Crippen LogP contribution in [0.15, 0.2) is 48.6 Å². The molecule has 2 aromatic rings. The molecular weight excluding hydrogens is 426 g/mol. The van der Waals surface area contributed by atoms with Crippen LogP contribution in [-0.4, -0.2) is 35.1 Å². The molecule has 0 aromatic heterocycles. The number of carbonyl (C=O) groups excluding carboxylic acids is 1. The van der Waals surface area contributed by atoms with Gasteiger partial charge in [0.1, 0.15) is 11.4 Å². The summed E-state index contributed by atoms with van der Waals surface area (Å²) in [6, 6.07) is 9.60. The maximum Gasteiger partial charge on any atom is 0.250 e. The summed E-state index contributed by atoms with van der Waals surface area (Å²) in [7, 11) is 0. The van der Waals surface area contributed by atoms with Gasteiger partial charge in [-0.25, -0.2) is 4.39 Å². The summed E-state index contributed by atoms with van der Waals surface area (Å²) in [4.78, 5) is 15.7. The van der Waals surface area contributed by atoms with Crippen molar-refractivity contribution in [2.45, 2.75) is 30.3 Å². The van der Waals surface area contributed by atoms with Gasteiger partial charge in [0.05, 0.1) is 17.7 Å². The highest BCUT2D eigenvalue weighted by molar-refractivity contribution is 6.31. The van der Waals surface area contributed by atoms with Crippen molar-refractivity contribution in [2.24, 2.45) is 5.92 Å². The molecule has 7 heteroatoms. The van der Waals surface area contributed by atoms with Crippen LogP contribution in [0.1, 0.15) is 29.9 Å². The molecule has 0 bridgehead atoms. The Bertz CT molecular complexity index is 1070. The summed E-state index contributed by atoms with van der Waals surface area (Å²) in [5.74, 6) is -1.09. The molecule has 1 spiro atoms. The van der Waals surface area contributed by atoms with Crippen LogP contribution in [0, 0.1) is 11.7 Å². The predicted molar refractivity (Wildman–Crippen MR) is 115 cm³/mol. The molecule has 3 atom stereocenters. The number of fused-ring (bicyclic) bond motifs is 2. The topological polar surface area (TPSA) is 52.6 Å². The lowest BCUT2D eigenvalue weighted by molar-refractivity contribution is -0.128. The van der Waals surface area contributed by atoms with Gasteiger partial charge in [-0.15, -0.1) is 0 Å². The summed E-state index contributed by atoms with van der Waals surface area (Å²) in [6.45, 7) is 4.66. The van der Waals surface area contributed by atoms with Crippen LogP contribution in [0.5, 0.6) is 0 Å². The number of rotatable bonds is 4. The fourth-order valence-corrected chi connectivity index (χ4v) is 5.52. The molecule has 2 heterocycles. The van der Waals surface area contributed by atoms with Gasteiger partial charge in [-0.3, -0.25) is 9.69 Å². The van der Waals surface area contributed by atoms with E-state index in [-0.39, 0.29) is 17.5 Å². The highest BCUT2D eigenvalue weighted by Crippen LogP contribution is 2.60. The zero-order valence-corrected chi connectivity index (χ0v) is 17.7. The van der Waals surface area contributed by atoms with Gasteiger partial charge < -0.3 is 10.4 Å². The van der Waals surface area contributed by atoms with Crippen molar-refractivity contribution < 1.29 is 14.3 Å². The molecule has 1 saturated heterocycles. The van der Waals surface area contributed by atoms with Crippen molar-refractivity contribution in [2.75, 3.05) is 18.5 Å². The van der Waals surface area contributed by atoms with Crippen LogP contribution < -0.4 is 5.32 Å². The minimum absolute atomic E-state index is 0.00799. The molecule has 2 N–H and O–H groups in total. The Morgan fingerprint density at radius 2 is 2.03 bits per heavy atom. The number of hydrogen-bond acceptors (Lipinski definition) is 3. The van der Waals surface area contributed by atoms with Crippen molar-refractivity contribution >= 4 is 34.8 Å². The Kier molecular flexibility index (Phi) is 4.71. The summed E-state index contributed by atoms with van der Waals surface area (Å²) in [5.41, 5.74) is 1.02. The molecule has 1 aliphatic carbocycles. The smallest absolute Gasteiger partial charge is 0.250 e. The molecule has 0 radical (unpaired) electrons. The molecule has 3 aliphatic rings. The van der Waals surface area contributed by atoms with E-state index in [1.165, 1.54) is 6.07 Å². The zero-order chi connectivity index (χ0) is 21.2. The van der Waals surface area contributed by atoms with Crippen LogP contribution in [-0.2, 0) is 10.3 Å². The third-order valence-electron chi connectivity index (χ3n) is 6.65. The van der Waals surface area contributed by atoms with Gasteiger partial charge in [0.25, 0.3) is 5.91 Å². The van der Waals surface area contributed by atoms with Gasteiger partial charge in [0, 0.05) is 28.7 Å². The van der Waals surface area contributed by atoms with Gasteiger partial charge in [0.15, 0.2) is 0 Å². The fourth-order valence-electron chi connectivity index (χ4n) is 5.17. The minimum atomic E-state index is -1.22. The lowest BCUT2D eigenvalue weighted by atomic mass is 9.74. The normalized spacial score (nSPS) is 28.3. The number of amides is 1. The number of benzene rings is 2. The second kappa shape index (κ2) is 7.06. The van der Waals surface area contributed by atoms with E-state index in [1.54, 1.807) is 24.3 Å². The second-order valence-corrected chi connectivity index (χ2v) is 9.20. The maximum absolute atomic E-state index is 15.3. The quantitative estimate of drug-likeness (QED) is 0.668. The van der Waals surface area contributed by atoms with Gasteiger partial charge in [-0.2, -0.15) is 0 Å². The van der Waals surface area contributed by atoms with E-state index in [4.69, 9.17) is 23.2 Å². The number of nitrogens with zero attached hydrogens (tertiary/aromatic N) is 1. The van der Waals surface area contributed by atoms with E-state index >= 15 is 4.39 Å². The zero-order valence-electron chi connectivity index (χ0n) is 16.2. The van der Waals surface area contributed by atoms with Crippen LogP contribution in [0.2, 0.25) is 10.0 Å². The molecule has 0 unspecified atom stereocenters. The molecule has 2 fully saturated rings. The first-order valence-corrected chi connectivity index (χ1v) is 10.8. The highest BCUT2D eigenvalue weighted by Gasteiger charge is 2.65. The number of aliphatic hydroxyl groups excluding tert-OH is 1. The molecule has 1 amide bonds. The number of aliphatic hydroxyl groups is 1. The fraction of sp³-hybridized carbons (Fsp3) is 0.348. The van der Waals surface area contributed by atoms with Crippen LogP contribution in [0.4, 0.5) is 10.1 Å². The van der Waals surface area contributed by atoms with Crippen molar-refractivity contribution in [3.05, 3.63) is 75.5 Å². The minimum Gasteiger partial charge on any atom is -0.394 e. The largest absolute Gasteiger partial charge is 0.394 e. The molecule has 5 rings (SSSR count). The Balaban J connectivity index is 1.80. The standard InChI is InChI=1S/C23H21Cl2FN2O2/c1-12-19(11-29)28(10-13-5-6-13)23(20(12)15-3-2-4-17(25)21(15)26)16-8-7-14(24)9-18(16)27-22(23)30/h2-4,7-9,13,19-20,29H,1,5-6,10-11H2,(H,27,30)/t19-,20+,23+/m0/s1. The number of carbonyl (C=O) groups is 1. The number of hydrogen-bond donors (Lipinski definition) is 2. The van der Waals surface area contributed by atoms with Gasteiger partial charge in [-0.05, 0) is 48.1 Å². The van der Waals surface area contributed by atoms with E-state index in [0.29, 0.717) is 34.3 Å². The molecule has 2 aliphatic heterocycles. The van der Waals surface area contributed by atoms with Crippen molar-refractivity contribution in [3.63, 3.8) is 0 Å². The summed E-state index contributed by atoms with van der Waals surface area (Å²) < 4.78 is 15.3. The number of halogens is 3. The summed E-state index contributed by atoms with van der Waals surface area (Å²) in [6.07, 6.45) is 2.14. The average molecular weight is 447 g/mol. The molecular formula is C23H21Cl2FN2O2. The number of anilines is 1. The highest BCUT2D eigenvalue weighted by atomic mass is 35.5. The van der Waals surface area contributed by atoms with E-state index < -0.39 is 23.3 Å². The lowest BCUT2D eigenvalue weighted by Crippen LogP contribution is -2.53. The van der Waals surface area contributed by atoms with Gasteiger partial charge in [0.2, 0.25) is 0 Å². The SMILES string of the molecule is C=C1[C@H](c2cccc(Cl)c2F)[C@]2(C(=O)Nc3cc(Cl)ccc32)N(CC2CC2)[C@H]1CO. The maximum atomic E-state index is 15.3. The van der Waals surface area contributed by atoms with Crippen molar-refractivity contribution in [1.29, 1.82) is 0 Å². The molecule has 2 aromatic carbocycles. The van der Waals surface area contributed by atoms with E-state index in [9.17, 15) is 9.90 Å². The predicted octanol–water partition coefficient (Wildman–Crippen LogP) is 4.71. The third-order valence-corrected chi connectivity index (χ3v) is 7.18. The Hall–Kier alpha value is -1.92. The van der Waals surface area contributed by atoms with Crippen LogP contribution in [0.25, 0.3) is 0 Å². The van der Waals surface area contributed by atoms with E-state index in [1.807, 2.05) is 11.0 Å². The molecule has 1 saturated carbocycles. The third kappa shape index (κ3) is 2.69. The van der Waals surface area contributed by atoms with Crippen molar-refractivity contribution in [1.82, 2.24) is 4.90 Å². The van der Waals surface area contributed by atoms with Crippen LogP contribution >= 0.6 is 23.2 Å². The molecule has 30 heavy (non-hydrogen) atoms. The van der Waals surface area contributed by atoms with E-state index in [0.717, 1.165) is 18.4 Å².